The van der Waals surface area contributed by atoms with Crippen molar-refractivity contribution in [3.8, 4) is 22.5 Å². The molecule has 2 saturated heterocycles. The number of imidazole rings is 2. The molecule has 0 radical (unpaired) electrons. The SMILES string of the molecule is COO/C=N\[C@H](C(=O)N1CCC[C@H]1c1nc2nc(-c3ccc4cc(-c5c[nH]c([C@@H]6CCCN6C(=O)[C@@H](NC(=O)OC)C(C)C)n5)ccc4c3)ccc2[nH]1)C(C)C. The van der Waals surface area contributed by atoms with E-state index >= 15 is 0 Å². The van der Waals surface area contributed by atoms with E-state index in [-0.39, 0.29) is 35.7 Å². The first-order chi connectivity index (χ1) is 27.1. The van der Waals surface area contributed by atoms with Crippen LogP contribution in [0.3, 0.4) is 0 Å². The number of rotatable bonds is 12. The number of ether oxygens (including phenoxy) is 1. The van der Waals surface area contributed by atoms with Gasteiger partial charge in [-0.25, -0.2) is 24.7 Å². The minimum atomic E-state index is -0.691. The molecular weight excluding hydrogens is 715 g/mol. The number of hydrogen-bond donors (Lipinski definition) is 3. The van der Waals surface area contributed by atoms with Crippen LogP contribution in [0, 0.1) is 11.8 Å². The molecule has 3 amide bonds. The molecule has 2 aliphatic heterocycles. The molecule has 5 heterocycles. The van der Waals surface area contributed by atoms with E-state index in [9.17, 15) is 14.4 Å². The predicted octanol–water partition coefficient (Wildman–Crippen LogP) is 6.51. The number of nitrogens with zero attached hydrogens (tertiary/aromatic N) is 6. The lowest BCUT2D eigenvalue weighted by molar-refractivity contribution is -0.188. The number of pyridine rings is 1. The highest BCUT2D eigenvalue weighted by Crippen LogP contribution is 2.35. The Bertz CT molecular complexity index is 2250. The van der Waals surface area contributed by atoms with E-state index in [0.717, 1.165) is 70.3 Å². The number of aromatic nitrogens is 5. The summed E-state index contributed by atoms with van der Waals surface area (Å²) in [6.45, 7) is 8.94. The molecule has 0 aliphatic carbocycles. The van der Waals surface area contributed by atoms with E-state index in [4.69, 9.17) is 24.6 Å². The Morgan fingerprint density at radius 1 is 0.821 bits per heavy atom. The lowest BCUT2D eigenvalue weighted by Gasteiger charge is -2.29. The van der Waals surface area contributed by atoms with Crippen LogP contribution >= 0.6 is 0 Å². The number of likely N-dealkylation sites (tertiary alicyclic amines) is 2. The third-order valence-electron chi connectivity index (χ3n) is 10.7. The summed E-state index contributed by atoms with van der Waals surface area (Å²) >= 11 is 0. The van der Waals surface area contributed by atoms with Crippen molar-refractivity contribution in [2.75, 3.05) is 27.3 Å². The van der Waals surface area contributed by atoms with Gasteiger partial charge >= 0.3 is 6.09 Å². The maximum absolute atomic E-state index is 13.6. The van der Waals surface area contributed by atoms with Gasteiger partial charge in [-0.2, -0.15) is 4.89 Å². The minimum Gasteiger partial charge on any atom is -0.453 e. The van der Waals surface area contributed by atoms with Crippen LogP contribution in [0.25, 0.3) is 44.5 Å². The van der Waals surface area contributed by atoms with Gasteiger partial charge in [-0.1, -0.05) is 52.0 Å². The van der Waals surface area contributed by atoms with Crippen molar-refractivity contribution in [3.63, 3.8) is 0 Å². The Morgan fingerprint density at radius 2 is 1.48 bits per heavy atom. The van der Waals surface area contributed by atoms with Crippen molar-refractivity contribution in [2.45, 2.75) is 77.5 Å². The third-order valence-corrected chi connectivity index (χ3v) is 10.7. The van der Waals surface area contributed by atoms with Gasteiger partial charge in [-0.05, 0) is 72.6 Å². The summed E-state index contributed by atoms with van der Waals surface area (Å²) in [7, 11) is 2.68. The van der Waals surface area contributed by atoms with E-state index in [1.807, 2.05) is 61.9 Å². The van der Waals surface area contributed by atoms with Crippen molar-refractivity contribution in [1.82, 2.24) is 40.0 Å². The predicted molar refractivity (Wildman–Crippen MR) is 211 cm³/mol. The summed E-state index contributed by atoms with van der Waals surface area (Å²) in [5.74, 6) is 1.09. The smallest absolute Gasteiger partial charge is 0.407 e. The summed E-state index contributed by atoms with van der Waals surface area (Å²) in [6, 6.07) is 14.7. The Balaban J connectivity index is 1.07. The van der Waals surface area contributed by atoms with E-state index in [1.54, 1.807) is 0 Å². The second-order valence-corrected chi connectivity index (χ2v) is 15.1. The quantitative estimate of drug-likeness (QED) is 0.0553. The zero-order valence-electron chi connectivity index (χ0n) is 32.6. The Morgan fingerprint density at radius 3 is 2.12 bits per heavy atom. The van der Waals surface area contributed by atoms with Crippen molar-refractivity contribution in [2.24, 2.45) is 16.8 Å². The number of benzene rings is 2. The number of aromatic amines is 2. The fourth-order valence-corrected chi connectivity index (χ4v) is 7.78. The van der Waals surface area contributed by atoms with Gasteiger partial charge in [0.15, 0.2) is 5.65 Å². The highest BCUT2D eigenvalue weighted by atomic mass is 17.2. The lowest BCUT2D eigenvalue weighted by Crippen LogP contribution is -2.51. The Hall–Kier alpha value is -5.83. The number of amides is 3. The number of hydrogen-bond acceptors (Lipinski definition) is 10. The second-order valence-electron chi connectivity index (χ2n) is 15.1. The van der Waals surface area contributed by atoms with Gasteiger partial charge in [-0.15, -0.1) is 0 Å². The van der Waals surface area contributed by atoms with Crippen LogP contribution in [0.15, 0.2) is 59.7 Å². The van der Waals surface area contributed by atoms with Crippen molar-refractivity contribution >= 4 is 46.2 Å². The number of aliphatic imine (C=N–C) groups is 1. The fraction of sp³-hybridized carbons (Fsp3) is 0.439. The molecule has 15 heteroatoms. The molecule has 3 aromatic heterocycles. The largest absolute Gasteiger partial charge is 0.453 e. The highest BCUT2D eigenvalue weighted by Gasteiger charge is 2.38. The van der Waals surface area contributed by atoms with Crippen molar-refractivity contribution < 1.29 is 28.9 Å². The molecule has 294 valence electrons. The first-order valence-electron chi connectivity index (χ1n) is 19.2. The minimum absolute atomic E-state index is 0.0264. The number of carbonyl (C=O) groups is 3. The maximum atomic E-state index is 13.6. The molecule has 5 aromatic rings. The van der Waals surface area contributed by atoms with Crippen LogP contribution in [0.1, 0.15) is 77.1 Å². The zero-order valence-corrected chi connectivity index (χ0v) is 32.6. The Kier molecular flexibility index (Phi) is 11.3. The van der Waals surface area contributed by atoms with Gasteiger partial charge < -0.3 is 34.7 Å². The van der Waals surface area contributed by atoms with Crippen molar-refractivity contribution in [1.29, 1.82) is 0 Å². The molecular formula is C41H49N9O6. The normalized spacial score (nSPS) is 18.4. The summed E-state index contributed by atoms with van der Waals surface area (Å²) in [5, 5.41) is 4.80. The molecule has 0 spiro atoms. The number of fused-ring (bicyclic) bond motifs is 2. The van der Waals surface area contributed by atoms with Gasteiger partial charge in [0.1, 0.15) is 23.7 Å². The lowest BCUT2D eigenvalue weighted by atomic mass is 10.0. The summed E-state index contributed by atoms with van der Waals surface area (Å²) in [6.07, 6.45) is 5.71. The molecule has 2 fully saturated rings. The second kappa shape index (κ2) is 16.5. The van der Waals surface area contributed by atoms with Gasteiger partial charge in [0.2, 0.25) is 18.2 Å². The molecule has 0 bridgehead atoms. The van der Waals surface area contributed by atoms with Crippen LogP contribution < -0.4 is 5.32 Å². The van der Waals surface area contributed by atoms with Crippen molar-refractivity contribution in [3.05, 3.63) is 66.4 Å². The topological polar surface area (TPSA) is 180 Å². The molecule has 15 nitrogen and oxygen atoms in total. The summed E-state index contributed by atoms with van der Waals surface area (Å²) in [5.41, 5.74) is 4.89. The maximum Gasteiger partial charge on any atom is 0.407 e. The molecule has 0 unspecified atom stereocenters. The fourth-order valence-electron chi connectivity index (χ4n) is 7.78. The number of H-pyrrole nitrogens is 2. The standard InChI is InChI=1S/C41H49N9O6/c1-23(2)34(43-22-56-55-6)39(51)50-18-8-10-33(50)38-45-30-16-15-29(44-36(30)48-38)27-13-11-26-20-28(14-12-25(26)19-27)31-21-42-37(46-31)32-9-7-17-49(32)40(52)35(24(3)4)47-41(53)54-5/h11-16,19-24,32-35H,7-10,17-18H2,1-6H3,(H,42,46)(H,47,53)(H,44,45,48)/b43-22-/t32-,33-,34-,35-/m0/s1. The van der Waals surface area contributed by atoms with Gasteiger partial charge in [0.25, 0.3) is 0 Å². The van der Waals surface area contributed by atoms with E-state index < -0.39 is 18.2 Å². The number of nitrogens with one attached hydrogen (secondary N) is 3. The van der Waals surface area contributed by atoms with Crippen LogP contribution in [0.5, 0.6) is 0 Å². The molecule has 4 atom stereocenters. The average Bonchev–Trinajstić information content (AvgIpc) is 4.03. The third kappa shape index (κ3) is 7.81. The molecule has 2 aliphatic rings. The van der Waals surface area contributed by atoms with Crippen LogP contribution in [-0.2, 0) is 24.1 Å². The molecule has 2 aromatic carbocycles. The van der Waals surface area contributed by atoms with E-state index in [2.05, 4.69) is 55.5 Å². The monoisotopic (exact) mass is 763 g/mol. The number of alkyl carbamates (subject to hydrolysis) is 1. The molecule has 3 N–H and O–H groups in total. The first kappa shape index (κ1) is 38.4. The zero-order chi connectivity index (χ0) is 39.5. The van der Waals surface area contributed by atoms with Gasteiger partial charge in [0.05, 0.1) is 43.2 Å². The highest BCUT2D eigenvalue weighted by molar-refractivity contribution is 5.91. The molecule has 56 heavy (non-hydrogen) atoms. The summed E-state index contributed by atoms with van der Waals surface area (Å²) < 4.78 is 4.76. The number of carbonyl (C=O) groups excluding carboxylic acids is 3. The van der Waals surface area contributed by atoms with E-state index in [0.29, 0.717) is 24.6 Å². The summed E-state index contributed by atoms with van der Waals surface area (Å²) in [4.78, 5) is 78.1. The molecule has 7 rings (SSSR count). The number of methoxy groups -OCH3 is 1. The first-order valence-corrected chi connectivity index (χ1v) is 19.2. The van der Waals surface area contributed by atoms with Crippen LogP contribution in [0.2, 0.25) is 0 Å². The van der Waals surface area contributed by atoms with E-state index in [1.165, 1.54) is 20.6 Å². The van der Waals surface area contributed by atoms with Crippen LogP contribution in [-0.4, -0.2) is 98.4 Å². The van der Waals surface area contributed by atoms with Gasteiger partial charge in [0, 0.05) is 30.4 Å². The van der Waals surface area contributed by atoms with Gasteiger partial charge in [-0.3, -0.25) is 9.59 Å². The van der Waals surface area contributed by atoms with Crippen LogP contribution in [0.4, 0.5) is 4.79 Å². The Labute approximate surface area is 325 Å². The average molecular weight is 764 g/mol. The molecule has 0 saturated carbocycles.